The van der Waals surface area contributed by atoms with E-state index in [1.54, 1.807) is 12.4 Å². The molecule has 0 saturated heterocycles. The van der Waals surface area contributed by atoms with Gasteiger partial charge in [0.2, 0.25) is 0 Å². The van der Waals surface area contributed by atoms with E-state index in [2.05, 4.69) is 57.1 Å². The quantitative estimate of drug-likeness (QED) is 0.686. The zero-order valence-electron chi connectivity index (χ0n) is 9.26. The predicted molar refractivity (Wildman–Crippen MR) is 70.9 cm³/mol. The first kappa shape index (κ1) is 10.5. The van der Waals surface area contributed by atoms with Gasteiger partial charge in [0.05, 0.1) is 18.1 Å². The van der Waals surface area contributed by atoms with E-state index in [-0.39, 0.29) is 0 Å². The van der Waals surface area contributed by atoms with Crippen molar-refractivity contribution in [1.29, 1.82) is 0 Å². The largest absolute Gasteiger partial charge is 0.291 e. The van der Waals surface area contributed by atoms with Gasteiger partial charge in [0.1, 0.15) is 4.60 Å². The summed E-state index contributed by atoms with van der Waals surface area (Å²) in [5, 5.41) is 0. The van der Waals surface area contributed by atoms with Gasteiger partial charge in [-0.25, -0.2) is 4.98 Å². The summed E-state index contributed by atoms with van der Waals surface area (Å²) in [4.78, 5) is 8.64. The second-order valence-electron chi connectivity index (χ2n) is 3.95. The van der Waals surface area contributed by atoms with Crippen molar-refractivity contribution in [1.82, 2.24) is 14.4 Å². The number of hydrogen-bond acceptors (Lipinski definition) is 2. The van der Waals surface area contributed by atoms with E-state index >= 15 is 0 Å². The Labute approximate surface area is 107 Å². The zero-order chi connectivity index (χ0) is 11.8. The fourth-order valence-electron chi connectivity index (χ4n) is 1.73. The third kappa shape index (κ3) is 1.85. The van der Waals surface area contributed by atoms with Gasteiger partial charge in [-0.3, -0.25) is 9.38 Å². The Morgan fingerprint density at radius 1 is 1.06 bits per heavy atom. The van der Waals surface area contributed by atoms with Crippen molar-refractivity contribution in [3.05, 3.63) is 53.0 Å². The van der Waals surface area contributed by atoms with Crippen molar-refractivity contribution in [2.75, 3.05) is 0 Å². The van der Waals surface area contributed by atoms with E-state index in [1.165, 1.54) is 5.56 Å². The summed E-state index contributed by atoms with van der Waals surface area (Å²) in [5.74, 6) is 0. The van der Waals surface area contributed by atoms with E-state index in [4.69, 9.17) is 0 Å². The summed E-state index contributed by atoms with van der Waals surface area (Å²) in [6.07, 6.45) is 5.53. The summed E-state index contributed by atoms with van der Waals surface area (Å²) in [7, 11) is 0. The van der Waals surface area contributed by atoms with E-state index in [0.717, 1.165) is 21.5 Å². The maximum Gasteiger partial charge on any atom is 0.156 e. The van der Waals surface area contributed by atoms with Crippen LogP contribution in [-0.4, -0.2) is 14.4 Å². The van der Waals surface area contributed by atoms with Crippen LogP contribution in [0.25, 0.3) is 16.9 Å². The van der Waals surface area contributed by atoms with Crippen LogP contribution in [0.4, 0.5) is 0 Å². The normalized spacial score (nSPS) is 10.9. The fourth-order valence-corrected chi connectivity index (χ4v) is 2.12. The Bertz CT molecular complexity index is 671. The van der Waals surface area contributed by atoms with Gasteiger partial charge in [0.25, 0.3) is 0 Å². The average Bonchev–Trinajstić information content (AvgIpc) is 2.72. The third-order valence-electron chi connectivity index (χ3n) is 2.70. The molecular formula is C13H10BrN3. The standard InChI is InChI=1S/C13H10BrN3/c1-9-2-4-10(5-3-9)11-8-17-12(14)6-16-13(17)7-15-11/h2-8H,1H3. The minimum Gasteiger partial charge on any atom is -0.291 e. The Kier molecular flexibility index (Phi) is 2.44. The Morgan fingerprint density at radius 2 is 1.82 bits per heavy atom. The SMILES string of the molecule is Cc1ccc(-c2cn3c(Br)cnc3cn2)cc1. The lowest BCUT2D eigenvalue weighted by Crippen LogP contribution is -1.90. The van der Waals surface area contributed by atoms with E-state index in [0.29, 0.717) is 0 Å². The summed E-state index contributed by atoms with van der Waals surface area (Å²) in [5.41, 5.74) is 4.14. The lowest BCUT2D eigenvalue weighted by atomic mass is 10.1. The molecule has 0 amide bonds. The molecule has 0 bridgehead atoms. The number of nitrogens with zero attached hydrogens (tertiary/aromatic N) is 3. The first-order chi connectivity index (χ1) is 8.24. The Morgan fingerprint density at radius 3 is 2.59 bits per heavy atom. The first-order valence-corrected chi connectivity index (χ1v) is 6.09. The number of fused-ring (bicyclic) bond motifs is 1. The number of halogens is 1. The van der Waals surface area contributed by atoms with Gasteiger partial charge in [0.15, 0.2) is 5.65 Å². The number of imidazole rings is 1. The smallest absolute Gasteiger partial charge is 0.156 e. The minimum absolute atomic E-state index is 0.840. The second kappa shape index (κ2) is 3.96. The van der Waals surface area contributed by atoms with E-state index in [1.807, 2.05) is 10.6 Å². The van der Waals surface area contributed by atoms with Crippen LogP contribution in [-0.2, 0) is 0 Å². The van der Waals surface area contributed by atoms with Crippen molar-refractivity contribution >= 4 is 21.6 Å². The summed E-state index contributed by atoms with van der Waals surface area (Å²) in [6, 6.07) is 8.33. The lowest BCUT2D eigenvalue weighted by molar-refractivity contribution is 1.11. The van der Waals surface area contributed by atoms with Crippen LogP contribution in [0.3, 0.4) is 0 Å². The van der Waals surface area contributed by atoms with Crippen LogP contribution in [0.1, 0.15) is 5.56 Å². The molecule has 0 radical (unpaired) electrons. The maximum atomic E-state index is 4.42. The van der Waals surface area contributed by atoms with Gasteiger partial charge < -0.3 is 0 Å². The van der Waals surface area contributed by atoms with Crippen molar-refractivity contribution < 1.29 is 0 Å². The number of benzene rings is 1. The molecule has 0 atom stereocenters. The monoisotopic (exact) mass is 287 g/mol. The molecular weight excluding hydrogens is 278 g/mol. The van der Waals surface area contributed by atoms with E-state index in [9.17, 15) is 0 Å². The van der Waals surface area contributed by atoms with Gasteiger partial charge in [0, 0.05) is 11.8 Å². The summed E-state index contributed by atoms with van der Waals surface area (Å²) >= 11 is 3.46. The topological polar surface area (TPSA) is 30.2 Å². The van der Waals surface area contributed by atoms with Gasteiger partial charge in [-0.2, -0.15) is 0 Å². The predicted octanol–water partition coefficient (Wildman–Crippen LogP) is 3.47. The highest BCUT2D eigenvalue weighted by Gasteiger charge is 2.04. The van der Waals surface area contributed by atoms with Crippen LogP contribution < -0.4 is 0 Å². The Balaban J connectivity index is 2.17. The van der Waals surface area contributed by atoms with Gasteiger partial charge >= 0.3 is 0 Å². The fraction of sp³-hybridized carbons (Fsp3) is 0.0769. The zero-order valence-corrected chi connectivity index (χ0v) is 10.8. The molecule has 0 spiro atoms. The molecule has 84 valence electrons. The molecule has 17 heavy (non-hydrogen) atoms. The highest BCUT2D eigenvalue weighted by Crippen LogP contribution is 2.20. The molecule has 2 aromatic heterocycles. The molecule has 0 N–H and O–H groups in total. The highest BCUT2D eigenvalue weighted by molar-refractivity contribution is 9.10. The van der Waals surface area contributed by atoms with Crippen LogP contribution in [0, 0.1) is 6.92 Å². The molecule has 3 aromatic rings. The van der Waals surface area contributed by atoms with Crippen molar-refractivity contribution in [2.24, 2.45) is 0 Å². The lowest BCUT2D eigenvalue weighted by Gasteiger charge is -2.03. The molecule has 0 saturated carbocycles. The number of hydrogen-bond donors (Lipinski definition) is 0. The van der Waals surface area contributed by atoms with Gasteiger partial charge in [-0.05, 0) is 22.9 Å². The molecule has 3 nitrogen and oxygen atoms in total. The van der Waals surface area contributed by atoms with Crippen LogP contribution in [0.15, 0.2) is 47.5 Å². The highest BCUT2D eigenvalue weighted by atomic mass is 79.9. The summed E-state index contributed by atoms with van der Waals surface area (Å²) < 4.78 is 2.91. The van der Waals surface area contributed by atoms with Crippen molar-refractivity contribution in [3.63, 3.8) is 0 Å². The number of aryl methyl sites for hydroxylation is 1. The molecule has 3 rings (SSSR count). The van der Waals surface area contributed by atoms with Crippen molar-refractivity contribution in [2.45, 2.75) is 6.92 Å². The summed E-state index contributed by atoms with van der Waals surface area (Å²) in [6.45, 7) is 2.08. The molecule has 4 heteroatoms. The first-order valence-electron chi connectivity index (χ1n) is 5.30. The van der Waals surface area contributed by atoms with Gasteiger partial charge in [-0.1, -0.05) is 29.8 Å². The third-order valence-corrected chi connectivity index (χ3v) is 3.28. The van der Waals surface area contributed by atoms with Gasteiger partial charge in [-0.15, -0.1) is 0 Å². The molecule has 2 heterocycles. The maximum absolute atomic E-state index is 4.42. The van der Waals surface area contributed by atoms with E-state index < -0.39 is 0 Å². The molecule has 0 unspecified atom stereocenters. The second-order valence-corrected chi connectivity index (χ2v) is 4.76. The van der Waals surface area contributed by atoms with Crippen molar-refractivity contribution in [3.8, 4) is 11.3 Å². The molecule has 1 aromatic carbocycles. The average molecular weight is 288 g/mol. The molecule has 0 aliphatic heterocycles. The minimum atomic E-state index is 0.840. The molecule has 0 fully saturated rings. The number of rotatable bonds is 1. The Hall–Kier alpha value is -1.68. The molecule has 0 aliphatic carbocycles. The number of aromatic nitrogens is 3. The van der Waals surface area contributed by atoms with Crippen LogP contribution in [0.5, 0.6) is 0 Å². The molecule has 0 aliphatic rings. The van der Waals surface area contributed by atoms with Crippen LogP contribution >= 0.6 is 15.9 Å². The van der Waals surface area contributed by atoms with Crippen LogP contribution in [0.2, 0.25) is 0 Å².